The lowest BCUT2D eigenvalue weighted by Crippen LogP contribution is -2.48. The maximum absolute atomic E-state index is 13.1. The van der Waals surface area contributed by atoms with E-state index in [1.807, 2.05) is 31.2 Å². The second kappa shape index (κ2) is 9.15. The quantitative estimate of drug-likeness (QED) is 0.669. The fourth-order valence-corrected chi connectivity index (χ4v) is 5.37. The molecule has 0 bridgehead atoms. The minimum atomic E-state index is -3.44. The van der Waals surface area contributed by atoms with Crippen LogP contribution in [0.4, 0.5) is 0 Å². The molecule has 3 rings (SSSR count). The Balaban J connectivity index is 1.61. The molecule has 0 amide bonds. The van der Waals surface area contributed by atoms with Crippen LogP contribution in [0.15, 0.2) is 64.0 Å². The van der Waals surface area contributed by atoms with E-state index in [4.69, 9.17) is 0 Å². The summed E-state index contributed by atoms with van der Waals surface area (Å²) in [7, 11) is -3.44. The van der Waals surface area contributed by atoms with Crippen molar-refractivity contribution in [1.82, 2.24) is 9.21 Å². The molecule has 0 N–H and O–H groups in total. The van der Waals surface area contributed by atoms with Gasteiger partial charge in [-0.1, -0.05) is 65.3 Å². The molecule has 1 fully saturated rings. The number of halogens is 1. The molecule has 144 valence electrons. The number of rotatable bonds is 6. The first-order valence-electron chi connectivity index (χ1n) is 9.23. The van der Waals surface area contributed by atoms with Gasteiger partial charge < -0.3 is 0 Å². The summed E-state index contributed by atoms with van der Waals surface area (Å²) in [4.78, 5) is 2.72. The average molecular weight is 449 g/mol. The Bertz CT molecular complexity index is 890. The number of benzene rings is 2. The standard InChI is InChI=1S/C21H25BrN2O2S/c1-2-19-17-20(22)10-11-21(19)27(25,26)24-15-13-23(14-16-24)12-6-9-18-7-4-3-5-8-18/h3-11,17H,2,12-16H2,1H3. The Morgan fingerprint density at radius 1 is 1.04 bits per heavy atom. The molecule has 0 radical (unpaired) electrons. The summed E-state index contributed by atoms with van der Waals surface area (Å²) in [6.45, 7) is 5.37. The van der Waals surface area contributed by atoms with Crippen LogP contribution >= 0.6 is 15.9 Å². The number of piperazine rings is 1. The van der Waals surface area contributed by atoms with Gasteiger partial charge in [0.1, 0.15) is 0 Å². The van der Waals surface area contributed by atoms with E-state index in [0.717, 1.165) is 29.7 Å². The molecule has 1 aliphatic rings. The maximum Gasteiger partial charge on any atom is 0.243 e. The van der Waals surface area contributed by atoms with Crippen molar-refractivity contribution in [3.8, 4) is 0 Å². The maximum atomic E-state index is 13.1. The number of hydrogen-bond donors (Lipinski definition) is 0. The van der Waals surface area contributed by atoms with Gasteiger partial charge in [-0.15, -0.1) is 0 Å². The van der Waals surface area contributed by atoms with E-state index < -0.39 is 10.0 Å². The van der Waals surface area contributed by atoms with Crippen molar-refractivity contribution in [2.24, 2.45) is 0 Å². The molecule has 6 heteroatoms. The summed E-state index contributed by atoms with van der Waals surface area (Å²) in [5, 5.41) is 0. The fraction of sp³-hybridized carbons (Fsp3) is 0.333. The number of aryl methyl sites for hydroxylation is 1. The Morgan fingerprint density at radius 3 is 2.41 bits per heavy atom. The summed E-state index contributed by atoms with van der Waals surface area (Å²) < 4.78 is 28.7. The number of sulfonamides is 1. The molecule has 0 aromatic heterocycles. The lowest BCUT2D eigenvalue weighted by molar-refractivity contribution is 0.204. The largest absolute Gasteiger partial charge is 0.297 e. The van der Waals surface area contributed by atoms with Crippen LogP contribution in [-0.2, 0) is 16.4 Å². The summed E-state index contributed by atoms with van der Waals surface area (Å²) in [6.07, 6.45) is 4.94. The zero-order valence-corrected chi connectivity index (χ0v) is 17.9. The molecule has 4 nitrogen and oxygen atoms in total. The summed E-state index contributed by atoms with van der Waals surface area (Å²) in [5.74, 6) is 0. The minimum Gasteiger partial charge on any atom is -0.297 e. The van der Waals surface area contributed by atoms with Crippen molar-refractivity contribution in [2.75, 3.05) is 32.7 Å². The lowest BCUT2D eigenvalue weighted by atomic mass is 10.2. The van der Waals surface area contributed by atoms with Gasteiger partial charge in [-0.3, -0.25) is 4.90 Å². The Labute approximate surface area is 170 Å². The monoisotopic (exact) mass is 448 g/mol. The first-order valence-corrected chi connectivity index (χ1v) is 11.5. The summed E-state index contributed by atoms with van der Waals surface area (Å²) >= 11 is 3.43. The molecular weight excluding hydrogens is 424 g/mol. The molecule has 1 aliphatic heterocycles. The van der Waals surface area contributed by atoms with Crippen LogP contribution in [0.3, 0.4) is 0 Å². The van der Waals surface area contributed by atoms with Crippen LogP contribution < -0.4 is 0 Å². The van der Waals surface area contributed by atoms with Crippen molar-refractivity contribution in [2.45, 2.75) is 18.2 Å². The summed E-state index contributed by atoms with van der Waals surface area (Å²) in [5.41, 5.74) is 2.04. The molecule has 0 saturated carbocycles. The lowest BCUT2D eigenvalue weighted by Gasteiger charge is -2.33. The van der Waals surface area contributed by atoms with Gasteiger partial charge in [-0.2, -0.15) is 4.31 Å². The molecule has 2 aromatic carbocycles. The third kappa shape index (κ3) is 5.08. The third-order valence-electron chi connectivity index (χ3n) is 4.83. The van der Waals surface area contributed by atoms with E-state index in [1.165, 1.54) is 5.56 Å². The highest BCUT2D eigenvalue weighted by Crippen LogP contribution is 2.25. The Morgan fingerprint density at radius 2 is 1.74 bits per heavy atom. The fourth-order valence-electron chi connectivity index (χ4n) is 3.27. The van der Waals surface area contributed by atoms with Gasteiger partial charge >= 0.3 is 0 Å². The van der Waals surface area contributed by atoms with Gasteiger partial charge in [0.15, 0.2) is 0 Å². The van der Waals surface area contributed by atoms with Crippen LogP contribution in [0.5, 0.6) is 0 Å². The van der Waals surface area contributed by atoms with Gasteiger partial charge in [0, 0.05) is 37.2 Å². The second-order valence-corrected chi connectivity index (χ2v) is 9.45. The number of hydrogen-bond acceptors (Lipinski definition) is 3. The van der Waals surface area contributed by atoms with Crippen LogP contribution in [0.2, 0.25) is 0 Å². The van der Waals surface area contributed by atoms with Gasteiger partial charge in [-0.25, -0.2) is 8.42 Å². The molecule has 0 spiro atoms. The molecule has 27 heavy (non-hydrogen) atoms. The molecule has 1 heterocycles. The van der Waals surface area contributed by atoms with E-state index in [-0.39, 0.29) is 0 Å². The van der Waals surface area contributed by atoms with Gasteiger partial charge in [0.05, 0.1) is 4.90 Å². The second-order valence-electron chi connectivity index (χ2n) is 6.62. The molecule has 2 aromatic rings. The molecule has 0 atom stereocenters. The van der Waals surface area contributed by atoms with Gasteiger partial charge in [0.25, 0.3) is 0 Å². The van der Waals surface area contributed by atoms with Gasteiger partial charge in [-0.05, 0) is 35.7 Å². The molecule has 1 saturated heterocycles. The first kappa shape index (κ1) is 20.3. The van der Waals surface area contributed by atoms with E-state index >= 15 is 0 Å². The molecule has 0 unspecified atom stereocenters. The predicted molar refractivity (Wildman–Crippen MR) is 114 cm³/mol. The van der Waals surface area contributed by atoms with E-state index in [0.29, 0.717) is 24.4 Å². The highest BCUT2D eigenvalue weighted by atomic mass is 79.9. The van der Waals surface area contributed by atoms with Crippen LogP contribution in [0.25, 0.3) is 6.08 Å². The van der Waals surface area contributed by atoms with E-state index in [2.05, 4.69) is 45.1 Å². The van der Waals surface area contributed by atoms with Crippen molar-refractivity contribution in [3.63, 3.8) is 0 Å². The Kier molecular flexibility index (Phi) is 6.87. The van der Waals surface area contributed by atoms with Crippen LogP contribution in [0, 0.1) is 0 Å². The van der Waals surface area contributed by atoms with E-state index in [9.17, 15) is 8.42 Å². The number of nitrogens with zero attached hydrogens (tertiary/aromatic N) is 2. The smallest absolute Gasteiger partial charge is 0.243 e. The van der Waals surface area contributed by atoms with Crippen LogP contribution in [0.1, 0.15) is 18.1 Å². The minimum absolute atomic E-state index is 0.436. The van der Waals surface area contributed by atoms with Crippen molar-refractivity contribution in [3.05, 3.63) is 70.2 Å². The van der Waals surface area contributed by atoms with Crippen molar-refractivity contribution >= 4 is 32.0 Å². The van der Waals surface area contributed by atoms with E-state index in [1.54, 1.807) is 16.4 Å². The zero-order chi connectivity index (χ0) is 19.3. The predicted octanol–water partition coefficient (Wildman–Crippen LogP) is 4.03. The highest BCUT2D eigenvalue weighted by molar-refractivity contribution is 9.10. The van der Waals surface area contributed by atoms with Crippen molar-refractivity contribution in [1.29, 1.82) is 0 Å². The van der Waals surface area contributed by atoms with Crippen LogP contribution in [-0.4, -0.2) is 50.3 Å². The SMILES string of the molecule is CCc1cc(Br)ccc1S(=O)(=O)N1CCN(CC=Cc2ccccc2)CC1. The highest BCUT2D eigenvalue weighted by Gasteiger charge is 2.29. The molecule has 0 aliphatic carbocycles. The topological polar surface area (TPSA) is 40.6 Å². The van der Waals surface area contributed by atoms with Crippen molar-refractivity contribution < 1.29 is 8.42 Å². The third-order valence-corrected chi connectivity index (χ3v) is 7.32. The zero-order valence-electron chi connectivity index (χ0n) is 15.5. The summed E-state index contributed by atoms with van der Waals surface area (Å²) in [6, 6.07) is 15.6. The first-order chi connectivity index (χ1) is 13.0. The van der Waals surface area contributed by atoms with Gasteiger partial charge in [0.2, 0.25) is 10.0 Å². The molecular formula is C21H25BrN2O2S. The normalized spacial score (nSPS) is 16.8. The Hall–Kier alpha value is -1.47. The average Bonchev–Trinajstić information content (AvgIpc) is 2.69.